The summed E-state index contributed by atoms with van der Waals surface area (Å²) in [6.45, 7) is 0.274. The average molecular weight is 339 g/mol. The van der Waals surface area contributed by atoms with Crippen LogP contribution in [-0.4, -0.2) is 13.7 Å². The lowest BCUT2D eigenvalue weighted by atomic mass is 10.1. The number of rotatable bonds is 5. The topological polar surface area (TPSA) is 47.3 Å². The standard InChI is InChI=1S/C15H16BrFN2O/c1-20-15-5-3-2-4-13(15)19-14(9-18)11-7-6-10(16)8-12(11)17/h2-8,14,19H,9,18H2,1H3. The summed E-state index contributed by atoms with van der Waals surface area (Å²) in [5.41, 5.74) is 7.08. The van der Waals surface area contributed by atoms with E-state index < -0.39 is 0 Å². The Morgan fingerprint density at radius 2 is 2.05 bits per heavy atom. The second kappa shape index (κ2) is 6.72. The molecule has 0 amide bonds. The zero-order valence-electron chi connectivity index (χ0n) is 11.1. The zero-order chi connectivity index (χ0) is 14.5. The number of anilines is 1. The number of nitrogens with two attached hydrogens (primary N) is 1. The first-order valence-electron chi connectivity index (χ1n) is 6.20. The van der Waals surface area contributed by atoms with Gasteiger partial charge in [0.1, 0.15) is 11.6 Å². The predicted octanol–water partition coefficient (Wildman–Crippen LogP) is 3.71. The van der Waals surface area contributed by atoms with Crippen LogP contribution in [0.1, 0.15) is 11.6 Å². The Balaban J connectivity index is 2.29. The summed E-state index contributed by atoms with van der Waals surface area (Å²) in [5, 5.41) is 3.22. The van der Waals surface area contributed by atoms with Crippen LogP contribution in [0.4, 0.5) is 10.1 Å². The molecule has 0 radical (unpaired) electrons. The van der Waals surface area contributed by atoms with Gasteiger partial charge >= 0.3 is 0 Å². The highest BCUT2D eigenvalue weighted by molar-refractivity contribution is 9.10. The number of methoxy groups -OCH3 is 1. The van der Waals surface area contributed by atoms with Crippen LogP contribution >= 0.6 is 15.9 Å². The van der Waals surface area contributed by atoms with Crippen molar-refractivity contribution < 1.29 is 9.13 Å². The number of nitrogens with one attached hydrogen (secondary N) is 1. The highest BCUT2D eigenvalue weighted by Gasteiger charge is 2.16. The molecule has 106 valence electrons. The van der Waals surface area contributed by atoms with E-state index in [1.807, 2.05) is 24.3 Å². The minimum Gasteiger partial charge on any atom is -0.495 e. The van der Waals surface area contributed by atoms with E-state index in [0.717, 1.165) is 5.69 Å². The largest absolute Gasteiger partial charge is 0.495 e. The molecule has 1 unspecified atom stereocenters. The highest BCUT2D eigenvalue weighted by Crippen LogP contribution is 2.29. The number of ether oxygens (including phenoxy) is 1. The summed E-state index contributed by atoms with van der Waals surface area (Å²) in [5.74, 6) is 0.403. The molecule has 0 fully saturated rings. The summed E-state index contributed by atoms with van der Waals surface area (Å²) >= 11 is 3.25. The Morgan fingerprint density at radius 1 is 1.30 bits per heavy atom. The number of hydrogen-bond donors (Lipinski definition) is 2. The maximum absolute atomic E-state index is 14.0. The molecule has 1 atom stereocenters. The van der Waals surface area contributed by atoms with Gasteiger partial charge in [0.25, 0.3) is 0 Å². The Hall–Kier alpha value is -1.59. The molecule has 0 saturated heterocycles. The van der Waals surface area contributed by atoms with Gasteiger partial charge in [-0.3, -0.25) is 0 Å². The maximum atomic E-state index is 14.0. The Kier molecular flexibility index (Phi) is 4.98. The molecule has 0 aromatic heterocycles. The van der Waals surface area contributed by atoms with Gasteiger partial charge in [-0.05, 0) is 24.3 Å². The fourth-order valence-corrected chi connectivity index (χ4v) is 2.33. The second-order valence-corrected chi connectivity index (χ2v) is 5.21. The predicted molar refractivity (Wildman–Crippen MR) is 82.5 cm³/mol. The summed E-state index contributed by atoms with van der Waals surface area (Å²) in [7, 11) is 1.60. The van der Waals surface area contributed by atoms with E-state index in [9.17, 15) is 4.39 Å². The van der Waals surface area contributed by atoms with Gasteiger partial charge in [0.2, 0.25) is 0 Å². The van der Waals surface area contributed by atoms with Crippen molar-refractivity contribution in [1.82, 2.24) is 0 Å². The van der Waals surface area contributed by atoms with Crippen LogP contribution in [0.2, 0.25) is 0 Å². The van der Waals surface area contributed by atoms with Crippen molar-refractivity contribution in [3.05, 3.63) is 58.3 Å². The molecule has 5 heteroatoms. The number of benzene rings is 2. The summed E-state index contributed by atoms with van der Waals surface area (Å²) in [4.78, 5) is 0. The molecule has 0 aliphatic carbocycles. The molecule has 2 aromatic rings. The van der Waals surface area contributed by atoms with Gasteiger partial charge in [0, 0.05) is 16.6 Å². The van der Waals surface area contributed by atoms with E-state index in [1.165, 1.54) is 6.07 Å². The van der Waals surface area contributed by atoms with Crippen LogP contribution in [0.25, 0.3) is 0 Å². The summed E-state index contributed by atoms with van der Waals surface area (Å²) in [6, 6.07) is 12.1. The molecule has 0 aliphatic heterocycles. The second-order valence-electron chi connectivity index (χ2n) is 4.30. The van der Waals surface area contributed by atoms with Crippen molar-refractivity contribution in [2.24, 2.45) is 5.73 Å². The van der Waals surface area contributed by atoms with Gasteiger partial charge in [-0.15, -0.1) is 0 Å². The van der Waals surface area contributed by atoms with Crippen molar-refractivity contribution in [1.29, 1.82) is 0 Å². The lowest BCUT2D eigenvalue weighted by Gasteiger charge is -2.20. The normalized spacial score (nSPS) is 12.0. The van der Waals surface area contributed by atoms with Gasteiger partial charge in [0.05, 0.1) is 18.8 Å². The molecule has 0 saturated carbocycles. The quantitative estimate of drug-likeness (QED) is 0.873. The SMILES string of the molecule is COc1ccccc1NC(CN)c1ccc(Br)cc1F. The van der Waals surface area contributed by atoms with E-state index in [1.54, 1.807) is 19.2 Å². The van der Waals surface area contributed by atoms with Gasteiger partial charge < -0.3 is 15.8 Å². The zero-order valence-corrected chi connectivity index (χ0v) is 12.7. The number of hydrogen-bond acceptors (Lipinski definition) is 3. The van der Waals surface area contributed by atoms with Crippen molar-refractivity contribution in [2.45, 2.75) is 6.04 Å². The van der Waals surface area contributed by atoms with Crippen LogP contribution in [0.15, 0.2) is 46.9 Å². The third kappa shape index (κ3) is 3.29. The summed E-state index contributed by atoms with van der Waals surface area (Å²) in [6.07, 6.45) is 0. The van der Waals surface area contributed by atoms with Crippen LogP contribution in [0.3, 0.4) is 0 Å². The van der Waals surface area contributed by atoms with Crippen molar-refractivity contribution in [3.8, 4) is 5.75 Å². The van der Waals surface area contributed by atoms with E-state index in [4.69, 9.17) is 10.5 Å². The molecule has 0 aliphatic rings. The lowest BCUT2D eigenvalue weighted by Crippen LogP contribution is -2.22. The number of para-hydroxylation sites is 2. The fourth-order valence-electron chi connectivity index (χ4n) is 2.00. The molecule has 0 heterocycles. The molecule has 0 spiro atoms. The van der Waals surface area contributed by atoms with E-state index in [-0.39, 0.29) is 18.4 Å². The lowest BCUT2D eigenvalue weighted by molar-refractivity contribution is 0.416. The van der Waals surface area contributed by atoms with Crippen LogP contribution < -0.4 is 15.8 Å². The van der Waals surface area contributed by atoms with Crippen molar-refractivity contribution >= 4 is 21.6 Å². The van der Waals surface area contributed by atoms with Crippen molar-refractivity contribution in [3.63, 3.8) is 0 Å². The van der Waals surface area contributed by atoms with E-state index in [0.29, 0.717) is 15.8 Å². The van der Waals surface area contributed by atoms with Crippen LogP contribution in [0.5, 0.6) is 5.75 Å². The smallest absolute Gasteiger partial charge is 0.141 e. The molecule has 2 aromatic carbocycles. The van der Waals surface area contributed by atoms with Gasteiger partial charge in [-0.1, -0.05) is 34.1 Å². The molecule has 3 N–H and O–H groups in total. The highest BCUT2D eigenvalue weighted by atomic mass is 79.9. The molecular weight excluding hydrogens is 323 g/mol. The average Bonchev–Trinajstić information content (AvgIpc) is 2.46. The first kappa shape index (κ1) is 14.8. The van der Waals surface area contributed by atoms with Gasteiger partial charge in [0.15, 0.2) is 0 Å². The van der Waals surface area contributed by atoms with Gasteiger partial charge in [-0.25, -0.2) is 4.39 Å². The molecular formula is C15H16BrFN2O. The minimum atomic E-state index is -0.320. The third-order valence-electron chi connectivity index (χ3n) is 3.01. The Labute approximate surface area is 126 Å². The molecule has 2 rings (SSSR count). The number of halogens is 2. The fraction of sp³-hybridized carbons (Fsp3) is 0.200. The van der Waals surface area contributed by atoms with Crippen LogP contribution in [0, 0.1) is 5.82 Å². The first-order valence-corrected chi connectivity index (χ1v) is 6.99. The summed E-state index contributed by atoms with van der Waals surface area (Å²) < 4.78 is 20.0. The van der Waals surface area contributed by atoms with Crippen molar-refractivity contribution in [2.75, 3.05) is 19.0 Å². The maximum Gasteiger partial charge on any atom is 0.141 e. The van der Waals surface area contributed by atoms with E-state index >= 15 is 0 Å². The van der Waals surface area contributed by atoms with Crippen LogP contribution in [-0.2, 0) is 0 Å². The van der Waals surface area contributed by atoms with Gasteiger partial charge in [-0.2, -0.15) is 0 Å². The first-order chi connectivity index (χ1) is 9.65. The van der Waals surface area contributed by atoms with E-state index in [2.05, 4.69) is 21.2 Å². The Bertz CT molecular complexity index is 592. The molecule has 0 bridgehead atoms. The Morgan fingerprint density at radius 3 is 2.70 bits per heavy atom. The molecule has 3 nitrogen and oxygen atoms in total. The molecule has 20 heavy (non-hydrogen) atoms. The minimum absolute atomic E-state index is 0.274. The monoisotopic (exact) mass is 338 g/mol. The third-order valence-corrected chi connectivity index (χ3v) is 3.50.